The SMILES string of the molecule is CCCCCC/C=C\C/C=C\CCCCCCCC(=O)OC(COCCCCCCCCCC)COC1OC(COC2OC(CO)C(O)C(O)C2O)C(O)C(O)C1O. The van der Waals surface area contributed by atoms with Crippen molar-refractivity contribution in [1.29, 1.82) is 0 Å². The molecule has 11 unspecified atom stereocenters. The van der Waals surface area contributed by atoms with E-state index in [-0.39, 0.29) is 19.6 Å². The lowest BCUT2D eigenvalue weighted by atomic mass is 9.98. The lowest BCUT2D eigenvalue weighted by Gasteiger charge is -2.42. The predicted octanol–water partition coefficient (Wildman–Crippen LogP) is 4.90. The smallest absolute Gasteiger partial charge is 0.306 e. The highest BCUT2D eigenvalue weighted by atomic mass is 16.7. The van der Waals surface area contributed by atoms with Gasteiger partial charge in [0.1, 0.15) is 54.9 Å². The maximum atomic E-state index is 12.9. The molecule has 0 aromatic rings. The molecule has 340 valence electrons. The van der Waals surface area contributed by atoms with Crippen LogP contribution in [0.25, 0.3) is 0 Å². The van der Waals surface area contributed by atoms with E-state index in [1.54, 1.807) is 0 Å². The minimum absolute atomic E-state index is 0.0577. The first-order valence-electron chi connectivity index (χ1n) is 22.4. The van der Waals surface area contributed by atoms with Crippen LogP contribution in [0, 0.1) is 0 Å². The summed E-state index contributed by atoms with van der Waals surface area (Å²) < 4.78 is 34.0. The van der Waals surface area contributed by atoms with Crippen LogP contribution in [0.2, 0.25) is 0 Å². The average molecular weight is 833 g/mol. The van der Waals surface area contributed by atoms with Gasteiger partial charge in [0.2, 0.25) is 0 Å². The number of hydrogen-bond donors (Lipinski definition) is 7. The molecule has 2 rings (SSSR count). The van der Waals surface area contributed by atoms with E-state index in [0.717, 1.165) is 64.2 Å². The third kappa shape index (κ3) is 21.8. The molecule has 2 aliphatic rings. The summed E-state index contributed by atoms with van der Waals surface area (Å²) in [6.45, 7) is 3.61. The number of rotatable bonds is 34. The van der Waals surface area contributed by atoms with E-state index < -0.39 is 86.7 Å². The molecule has 2 fully saturated rings. The molecule has 0 radical (unpaired) electrons. The van der Waals surface area contributed by atoms with E-state index in [9.17, 15) is 40.5 Å². The Morgan fingerprint density at radius 3 is 1.67 bits per heavy atom. The topological polar surface area (TPSA) is 214 Å². The molecule has 2 saturated heterocycles. The molecular weight excluding hydrogens is 752 g/mol. The van der Waals surface area contributed by atoms with Gasteiger partial charge < -0.3 is 64.2 Å². The van der Waals surface area contributed by atoms with E-state index in [1.165, 1.54) is 57.8 Å². The summed E-state index contributed by atoms with van der Waals surface area (Å²) in [5.41, 5.74) is 0. The fraction of sp³-hybridized carbons (Fsp3) is 0.886. The molecular formula is C44H80O14. The second kappa shape index (κ2) is 33.1. The Labute approximate surface area is 347 Å². The molecule has 0 aromatic carbocycles. The van der Waals surface area contributed by atoms with Gasteiger partial charge in [-0.1, -0.05) is 122 Å². The number of carbonyl (C=O) groups is 1. The summed E-state index contributed by atoms with van der Waals surface area (Å²) in [6, 6.07) is 0. The summed E-state index contributed by atoms with van der Waals surface area (Å²) in [6.07, 6.45) is 15.4. The van der Waals surface area contributed by atoms with Crippen LogP contribution in [0.5, 0.6) is 0 Å². The van der Waals surface area contributed by atoms with Crippen molar-refractivity contribution in [3.8, 4) is 0 Å². The van der Waals surface area contributed by atoms with Crippen LogP contribution in [-0.4, -0.2) is 142 Å². The normalized spacial score (nSPS) is 28.4. The third-order valence-corrected chi connectivity index (χ3v) is 10.7. The Hall–Kier alpha value is -1.53. The molecule has 0 spiro atoms. The van der Waals surface area contributed by atoms with E-state index in [1.807, 2.05) is 0 Å². The van der Waals surface area contributed by atoms with Gasteiger partial charge in [-0.05, 0) is 44.9 Å². The van der Waals surface area contributed by atoms with Gasteiger partial charge in [0.15, 0.2) is 12.6 Å². The predicted molar refractivity (Wildman–Crippen MR) is 220 cm³/mol. The second-order valence-electron chi connectivity index (χ2n) is 15.9. The number of ether oxygens (including phenoxy) is 6. The van der Waals surface area contributed by atoms with Crippen LogP contribution >= 0.6 is 0 Å². The van der Waals surface area contributed by atoms with Crippen molar-refractivity contribution in [3.05, 3.63) is 24.3 Å². The highest BCUT2D eigenvalue weighted by Crippen LogP contribution is 2.26. The van der Waals surface area contributed by atoms with Crippen molar-refractivity contribution in [2.24, 2.45) is 0 Å². The van der Waals surface area contributed by atoms with Gasteiger partial charge >= 0.3 is 5.97 Å². The minimum Gasteiger partial charge on any atom is -0.457 e. The standard InChI is InChI=1S/C44H80O14/c1-3-5-7-9-11-13-14-15-16-17-18-19-20-21-23-25-27-36(46)56-33(30-53-28-26-24-22-12-10-8-6-4-2)31-54-43-42(52)40(50)38(48)35(58-43)32-55-44-41(51)39(49)37(47)34(29-45)57-44/h13-14,16-17,33-35,37-45,47-52H,3-12,15,18-32H2,1-2H3/b14-13-,17-16-. The molecule has 2 heterocycles. The lowest BCUT2D eigenvalue weighted by Crippen LogP contribution is -2.61. The largest absolute Gasteiger partial charge is 0.457 e. The van der Waals surface area contributed by atoms with Crippen LogP contribution in [0.15, 0.2) is 24.3 Å². The zero-order valence-electron chi connectivity index (χ0n) is 35.5. The Morgan fingerprint density at radius 1 is 0.569 bits per heavy atom. The van der Waals surface area contributed by atoms with Gasteiger partial charge in [-0.25, -0.2) is 0 Å². The molecule has 0 aliphatic carbocycles. The third-order valence-electron chi connectivity index (χ3n) is 10.7. The molecule has 14 heteroatoms. The summed E-state index contributed by atoms with van der Waals surface area (Å²) >= 11 is 0. The Morgan fingerprint density at radius 2 is 1.07 bits per heavy atom. The van der Waals surface area contributed by atoms with Crippen LogP contribution in [-0.2, 0) is 33.2 Å². The van der Waals surface area contributed by atoms with Crippen molar-refractivity contribution >= 4 is 5.97 Å². The Kier molecular flexibility index (Phi) is 30.1. The first-order valence-corrected chi connectivity index (χ1v) is 22.4. The molecule has 0 bridgehead atoms. The second-order valence-corrected chi connectivity index (χ2v) is 15.9. The highest BCUT2D eigenvalue weighted by molar-refractivity contribution is 5.69. The maximum Gasteiger partial charge on any atom is 0.306 e. The Balaban J connectivity index is 1.81. The molecule has 58 heavy (non-hydrogen) atoms. The maximum absolute atomic E-state index is 12.9. The van der Waals surface area contributed by atoms with Crippen molar-refractivity contribution in [2.75, 3.05) is 33.0 Å². The lowest BCUT2D eigenvalue weighted by molar-refractivity contribution is -0.332. The van der Waals surface area contributed by atoms with Crippen molar-refractivity contribution in [3.63, 3.8) is 0 Å². The van der Waals surface area contributed by atoms with Gasteiger partial charge in [-0.3, -0.25) is 4.79 Å². The van der Waals surface area contributed by atoms with Gasteiger partial charge in [0, 0.05) is 13.0 Å². The molecule has 0 amide bonds. The molecule has 7 N–H and O–H groups in total. The Bertz CT molecular complexity index is 1060. The van der Waals surface area contributed by atoms with Crippen molar-refractivity contribution in [2.45, 2.75) is 216 Å². The molecule has 0 saturated carbocycles. The summed E-state index contributed by atoms with van der Waals surface area (Å²) in [4.78, 5) is 12.9. The van der Waals surface area contributed by atoms with Gasteiger partial charge in [0.05, 0.1) is 26.4 Å². The average Bonchev–Trinajstić information content (AvgIpc) is 3.22. The molecule has 14 nitrogen and oxygen atoms in total. The fourth-order valence-electron chi connectivity index (χ4n) is 6.96. The van der Waals surface area contributed by atoms with Crippen LogP contribution < -0.4 is 0 Å². The first-order chi connectivity index (χ1) is 28.1. The molecule has 2 aliphatic heterocycles. The summed E-state index contributed by atoms with van der Waals surface area (Å²) in [5, 5.41) is 71.8. The van der Waals surface area contributed by atoms with Gasteiger partial charge in [-0.15, -0.1) is 0 Å². The van der Waals surface area contributed by atoms with Crippen molar-refractivity contribution < 1.29 is 69.0 Å². The fourth-order valence-corrected chi connectivity index (χ4v) is 6.96. The number of allylic oxidation sites excluding steroid dienone is 4. The number of esters is 1. The number of hydrogen-bond acceptors (Lipinski definition) is 14. The van der Waals surface area contributed by atoms with Gasteiger partial charge in [0.25, 0.3) is 0 Å². The van der Waals surface area contributed by atoms with Crippen LogP contribution in [0.1, 0.15) is 149 Å². The van der Waals surface area contributed by atoms with Crippen LogP contribution in [0.3, 0.4) is 0 Å². The monoisotopic (exact) mass is 833 g/mol. The minimum atomic E-state index is -1.70. The zero-order valence-corrected chi connectivity index (χ0v) is 35.5. The number of unbranched alkanes of at least 4 members (excludes halogenated alkanes) is 16. The summed E-state index contributed by atoms with van der Waals surface area (Å²) in [5.74, 6) is -0.392. The summed E-state index contributed by atoms with van der Waals surface area (Å²) in [7, 11) is 0. The van der Waals surface area contributed by atoms with E-state index in [4.69, 9.17) is 28.4 Å². The molecule has 0 aromatic heterocycles. The highest BCUT2D eigenvalue weighted by Gasteiger charge is 2.47. The van der Waals surface area contributed by atoms with Crippen molar-refractivity contribution in [1.82, 2.24) is 0 Å². The van der Waals surface area contributed by atoms with E-state index >= 15 is 0 Å². The zero-order chi connectivity index (χ0) is 42.4. The van der Waals surface area contributed by atoms with E-state index in [2.05, 4.69) is 38.2 Å². The van der Waals surface area contributed by atoms with Crippen LogP contribution in [0.4, 0.5) is 0 Å². The quantitative estimate of drug-likeness (QED) is 0.0261. The first kappa shape index (κ1) is 52.6. The van der Waals surface area contributed by atoms with Gasteiger partial charge in [-0.2, -0.15) is 0 Å². The number of aliphatic hydroxyl groups is 7. The van der Waals surface area contributed by atoms with E-state index in [0.29, 0.717) is 13.0 Å². The molecule has 11 atom stereocenters. The number of aliphatic hydroxyl groups excluding tert-OH is 7. The number of carbonyl (C=O) groups excluding carboxylic acids is 1.